The Labute approximate surface area is 154 Å². The Bertz CT molecular complexity index is 657. The zero-order valence-electron chi connectivity index (χ0n) is 14.8. The number of aryl methyl sites for hydroxylation is 1. The summed E-state index contributed by atoms with van der Waals surface area (Å²) in [6.45, 7) is 5.27. The van der Waals surface area contributed by atoms with Crippen molar-refractivity contribution in [2.45, 2.75) is 26.3 Å². The maximum absolute atomic E-state index is 6.27. The summed E-state index contributed by atoms with van der Waals surface area (Å²) in [6.07, 6.45) is 5.52. The fraction of sp³-hybridized carbons (Fsp3) is 0.444. The average molecular weight is 364 g/mol. The standard InChI is InChI=1S/C18H26ClN5O/c1-3-20-18(21-9-4-12-24-13-5-10-23-24)22-11-8-15-6-7-16(25-2)14-17(15)19/h5-7,10,13-14H,3-4,8-9,11-12H2,1-2H3,(H2,20,21,22). The zero-order chi connectivity index (χ0) is 17.9. The third-order valence-corrected chi connectivity index (χ3v) is 4.02. The highest BCUT2D eigenvalue weighted by molar-refractivity contribution is 6.31. The van der Waals surface area contributed by atoms with Crippen LogP contribution in [0.4, 0.5) is 0 Å². The van der Waals surface area contributed by atoms with E-state index >= 15 is 0 Å². The molecule has 2 aromatic rings. The first-order valence-corrected chi connectivity index (χ1v) is 8.92. The van der Waals surface area contributed by atoms with Crippen molar-refractivity contribution in [3.63, 3.8) is 0 Å². The van der Waals surface area contributed by atoms with Crippen molar-refractivity contribution >= 4 is 17.6 Å². The van der Waals surface area contributed by atoms with E-state index in [-0.39, 0.29) is 0 Å². The van der Waals surface area contributed by atoms with Gasteiger partial charge in [-0.1, -0.05) is 17.7 Å². The topological polar surface area (TPSA) is 63.5 Å². The number of aliphatic imine (C=N–C) groups is 1. The van der Waals surface area contributed by atoms with Crippen LogP contribution in [0.15, 0.2) is 41.7 Å². The Hall–Kier alpha value is -2.21. The Kier molecular flexibility index (Phi) is 8.12. The molecule has 0 radical (unpaired) electrons. The van der Waals surface area contributed by atoms with Crippen molar-refractivity contribution in [1.29, 1.82) is 0 Å². The predicted molar refractivity (Wildman–Crippen MR) is 103 cm³/mol. The molecule has 6 nitrogen and oxygen atoms in total. The minimum atomic E-state index is 0.724. The number of hydrogen-bond donors (Lipinski definition) is 2. The van der Waals surface area contributed by atoms with Gasteiger partial charge in [0.15, 0.2) is 5.96 Å². The van der Waals surface area contributed by atoms with Crippen molar-refractivity contribution in [1.82, 2.24) is 20.4 Å². The van der Waals surface area contributed by atoms with Crippen molar-refractivity contribution in [3.8, 4) is 5.75 Å². The first-order chi connectivity index (χ1) is 12.2. The number of halogens is 1. The largest absolute Gasteiger partial charge is 0.497 e. The molecule has 0 fully saturated rings. The van der Waals surface area contributed by atoms with Crippen LogP contribution >= 0.6 is 11.6 Å². The summed E-state index contributed by atoms with van der Waals surface area (Å²) in [5, 5.41) is 11.5. The van der Waals surface area contributed by atoms with Crippen LogP contribution in [0, 0.1) is 0 Å². The summed E-state index contributed by atoms with van der Waals surface area (Å²) in [7, 11) is 1.64. The average Bonchev–Trinajstić information content (AvgIpc) is 3.13. The lowest BCUT2D eigenvalue weighted by molar-refractivity contribution is 0.414. The van der Waals surface area contributed by atoms with Crippen LogP contribution in [0.3, 0.4) is 0 Å². The molecule has 1 aromatic heterocycles. The molecule has 0 saturated heterocycles. The van der Waals surface area contributed by atoms with Gasteiger partial charge >= 0.3 is 0 Å². The molecule has 0 aliphatic heterocycles. The number of aromatic nitrogens is 2. The van der Waals surface area contributed by atoms with Gasteiger partial charge < -0.3 is 15.4 Å². The molecular weight excluding hydrogens is 338 g/mol. The minimum Gasteiger partial charge on any atom is -0.497 e. The lowest BCUT2D eigenvalue weighted by atomic mass is 10.1. The summed E-state index contributed by atoms with van der Waals surface area (Å²) >= 11 is 6.27. The molecule has 0 spiro atoms. The van der Waals surface area contributed by atoms with E-state index in [9.17, 15) is 0 Å². The second-order valence-corrected chi connectivity index (χ2v) is 5.92. The SMILES string of the molecule is CCNC(=NCCCn1cccn1)NCCc1ccc(OC)cc1Cl. The fourth-order valence-electron chi connectivity index (χ4n) is 2.37. The number of nitrogens with zero attached hydrogens (tertiary/aromatic N) is 3. The van der Waals surface area contributed by atoms with Gasteiger partial charge in [0.1, 0.15) is 5.75 Å². The van der Waals surface area contributed by atoms with E-state index in [0.29, 0.717) is 0 Å². The van der Waals surface area contributed by atoms with E-state index in [2.05, 4.69) is 27.6 Å². The van der Waals surface area contributed by atoms with E-state index in [1.807, 2.05) is 35.1 Å². The van der Waals surface area contributed by atoms with Gasteiger partial charge in [0.2, 0.25) is 0 Å². The molecular formula is C18H26ClN5O. The fourth-order valence-corrected chi connectivity index (χ4v) is 2.64. The van der Waals surface area contributed by atoms with E-state index in [1.165, 1.54) is 0 Å². The molecule has 0 amide bonds. The Balaban J connectivity index is 1.77. The highest BCUT2D eigenvalue weighted by Crippen LogP contribution is 2.22. The van der Waals surface area contributed by atoms with E-state index < -0.39 is 0 Å². The van der Waals surface area contributed by atoms with Crippen LogP contribution in [0.1, 0.15) is 18.9 Å². The summed E-state index contributed by atoms with van der Waals surface area (Å²) < 4.78 is 7.09. The summed E-state index contributed by atoms with van der Waals surface area (Å²) in [4.78, 5) is 4.59. The molecule has 0 bridgehead atoms. The number of hydrogen-bond acceptors (Lipinski definition) is 3. The van der Waals surface area contributed by atoms with Crippen LogP contribution in [0.25, 0.3) is 0 Å². The van der Waals surface area contributed by atoms with Gasteiger partial charge in [0.05, 0.1) is 7.11 Å². The van der Waals surface area contributed by atoms with Crippen molar-refractivity contribution in [3.05, 3.63) is 47.2 Å². The first-order valence-electron chi connectivity index (χ1n) is 8.55. The Morgan fingerprint density at radius 3 is 2.92 bits per heavy atom. The van der Waals surface area contributed by atoms with Gasteiger partial charge in [-0.2, -0.15) is 5.10 Å². The van der Waals surface area contributed by atoms with Gasteiger partial charge in [0, 0.05) is 43.6 Å². The second kappa shape index (κ2) is 10.6. The molecule has 2 N–H and O–H groups in total. The zero-order valence-corrected chi connectivity index (χ0v) is 15.6. The summed E-state index contributed by atoms with van der Waals surface area (Å²) in [5.41, 5.74) is 1.09. The smallest absolute Gasteiger partial charge is 0.191 e. The van der Waals surface area contributed by atoms with Gasteiger partial charge in [-0.15, -0.1) is 0 Å². The van der Waals surface area contributed by atoms with Crippen LogP contribution in [0.5, 0.6) is 5.75 Å². The molecule has 0 unspecified atom stereocenters. The van der Waals surface area contributed by atoms with Crippen LogP contribution in [-0.4, -0.2) is 42.5 Å². The monoisotopic (exact) mass is 363 g/mol. The molecule has 0 atom stereocenters. The molecule has 25 heavy (non-hydrogen) atoms. The highest BCUT2D eigenvalue weighted by Gasteiger charge is 2.03. The number of methoxy groups -OCH3 is 1. The third kappa shape index (κ3) is 6.66. The van der Waals surface area contributed by atoms with Gasteiger partial charge in [-0.3, -0.25) is 9.67 Å². The summed E-state index contributed by atoms with van der Waals surface area (Å²) in [6, 6.07) is 7.69. The summed E-state index contributed by atoms with van der Waals surface area (Å²) in [5.74, 6) is 1.60. The van der Waals surface area contributed by atoms with E-state index in [4.69, 9.17) is 16.3 Å². The number of nitrogens with one attached hydrogen (secondary N) is 2. The van der Waals surface area contributed by atoms with Gasteiger partial charge in [-0.05, 0) is 43.5 Å². The molecule has 1 aromatic carbocycles. The molecule has 0 aliphatic carbocycles. The lowest BCUT2D eigenvalue weighted by Crippen LogP contribution is -2.38. The first kappa shape index (κ1) is 19.1. The number of ether oxygens (including phenoxy) is 1. The van der Waals surface area contributed by atoms with Crippen LogP contribution in [0.2, 0.25) is 5.02 Å². The molecule has 0 saturated carbocycles. The number of rotatable bonds is 9. The minimum absolute atomic E-state index is 0.724. The van der Waals surface area contributed by atoms with E-state index in [0.717, 1.165) is 61.3 Å². The van der Waals surface area contributed by atoms with Gasteiger partial charge in [0.25, 0.3) is 0 Å². The van der Waals surface area contributed by atoms with Crippen LogP contribution in [-0.2, 0) is 13.0 Å². The molecule has 2 rings (SSSR count). The normalized spacial score (nSPS) is 11.4. The Morgan fingerprint density at radius 1 is 1.36 bits per heavy atom. The van der Waals surface area contributed by atoms with Crippen molar-refractivity contribution in [2.24, 2.45) is 4.99 Å². The van der Waals surface area contributed by atoms with Crippen molar-refractivity contribution < 1.29 is 4.74 Å². The van der Waals surface area contributed by atoms with E-state index in [1.54, 1.807) is 13.3 Å². The lowest BCUT2D eigenvalue weighted by Gasteiger charge is -2.12. The molecule has 136 valence electrons. The maximum atomic E-state index is 6.27. The number of guanidine groups is 1. The molecule has 7 heteroatoms. The maximum Gasteiger partial charge on any atom is 0.191 e. The van der Waals surface area contributed by atoms with Gasteiger partial charge in [-0.25, -0.2) is 0 Å². The number of benzene rings is 1. The predicted octanol–water partition coefficient (Wildman–Crippen LogP) is 2.73. The third-order valence-electron chi connectivity index (χ3n) is 3.67. The molecule has 1 heterocycles. The van der Waals surface area contributed by atoms with Crippen LogP contribution < -0.4 is 15.4 Å². The Morgan fingerprint density at radius 2 is 2.24 bits per heavy atom. The quantitative estimate of drug-likeness (QED) is 0.408. The molecule has 0 aliphatic rings. The highest BCUT2D eigenvalue weighted by atomic mass is 35.5. The van der Waals surface area contributed by atoms with Crippen molar-refractivity contribution in [2.75, 3.05) is 26.7 Å². The second-order valence-electron chi connectivity index (χ2n) is 5.52.